The molecule has 0 saturated carbocycles. The van der Waals surface area contributed by atoms with Crippen LogP contribution in [0.3, 0.4) is 0 Å². The molecule has 21 heavy (non-hydrogen) atoms. The first-order chi connectivity index (χ1) is 9.99. The van der Waals surface area contributed by atoms with Gasteiger partial charge in [0.05, 0.1) is 16.6 Å². The molecule has 0 saturated heterocycles. The molecule has 0 fully saturated rings. The first kappa shape index (κ1) is 15.8. The molecule has 1 amide bonds. The fourth-order valence-electron chi connectivity index (χ4n) is 2.07. The van der Waals surface area contributed by atoms with Gasteiger partial charge in [-0.15, -0.1) is 0 Å². The second kappa shape index (κ2) is 6.92. The van der Waals surface area contributed by atoms with Crippen molar-refractivity contribution in [1.29, 1.82) is 0 Å². The van der Waals surface area contributed by atoms with Crippen molar-refractivity contribution in [2.75, 3.05) is 0 Å². The molecule has 0 spiro atoms. The lowest BCUT2D eigenvalue weighted by Gasteiger charge is -2.23. The number of hydrogen-bond donors (Lipinski definition) is 1. The lowest BCUT2D eigenvalue weighted by molar-refractivity contribution is 0.0925. The van der Waals surface area contributed by atoms with Crippen LogP contribution >= 0.6 is 23.2 Å². The largest absolute Gasteiger partial charge is 0.345 e. The lowest BCUT2D eigenvalue weighted by Crippen LogP contribution is -2.31. The highest BCUT2D eigenvalue weighted by Gasteiger charge is 2.19. The maximum Gasteiger partial charge on any atom is 0.253 e. The van der Waals surface area contributed by atoms with E-state index in [4.69, 9.17) is 23.2 Å². The number of nitrogens with one attached hydrogen (secondary N) is 1. The number of nitrogens with zero attached hydrogens (tertiary/aromatic N) is 1. The molecule has 1 heterocycles. The maximum atomic E-state index is 12.3. The van der Waals surface area contributed by atoms with Crippen LogP contribution in [0.2, 0.25) is 10.2 Å². The van der Waals surface area contributed by atoms with Crippen LogP contribution in [-0.2, 0) is 0 Å². The molecule has 0 bridgehead atoms. The van der Waals surface area contributed by atoms with E-state index in [-0.39, 0.29) is 28.0 Å². The maximum absolute atomic E-state index is 12.3. The van der Waals surface area contributed by atoms with Crippen molar-refractivity contribution >= 4 is 29.1 Å². The number of benzene rings is 1. The fraction of sp³-hybridized carbons (Fsp3) is 0.250. The Morgan fingerprint density at radius 3 is 2.43 bits per heavy atom. The third-order valence-corrected chi connectivity index (χ3v) is 3.86. The Labute approximate surface area is 134 Å². The normalized spacial score (nSPS) is 12.2. The zero-order valence-electron chi connectivity index (χ0n) is 11.8. The van der Waals surface area contributed by atoms with E-state index in [1.165, 1.54) is 12.3 Å². The Morgan fingerprint density at radius 1 is 1.19 bits per heavy atom. The van der Waals surface area contributed by atoms with E-state index in [9.17, 15) is 4.79 Å². The third kappa shape index (κ3) is 3.96. The fourth-order valence-corrected chi connectivity index (χ4v) is 2.33. The van der Waals surface area contributed by atoms with Gasteiger partial charge in [-0.3, -0.25) is 4.79 Å². The van der Waals surface area contributed by atoms with E-state index >= 15 is 0 Å². The Morgan fingerprint density at radius 2 is 1.86 bits per heavy atom. The molecule has 1 aromatic heterocycles. The summed E-state index contributed by atoms with van der Waals surface area (Å²) in [5, 5.41) is 3.48. The summed E-state index contributed by atoms with van der Waals surface area (Å²) in [6.07, 6.45) is 1.42. The highest BCUT2D eigenvalue weighted by atomic mass is 35.5. The number of halogens is 2. The van der Waals surface area contributed by atoms with Crippen LogP contribution in [0.25, 0.3) is 0 Å². The summed E-state index contributed by atoms with van der Waals surface area (Å²) >= 11 is 11.7. The minimum atomic E-state index is -0.219. The van der Waals surface area contributed by atoms with Crippen LogP contribution in [0.4, 0.5) is 0 Å². The number of hydrogen-bond acceptors (Lipinski definition) is 2. The van der Waals surface area contributed by atoms with E-state index in [1.54, 1.807) is 0 Å². The number of carbonyl (C=O) groups excluding carboxylic acids is 1. The molecule has 0 unspecified atom stereocenters. The summed E-state index contributed by atoms with van der Waals surface area (Å²) in [5.41, 5.74) is 1.46. The summed E-state index contributed by atoms with van der Waals surface area (Å²) in [5.74, 6) is 0.0377. The van der Waals surface area contributed by atoms with Crippen molar-refractivity contribution in [2.24, 2.45) is 5.92 Å². The predicted octanol–water partition coefficient (Wildman–Crippen LogP) is 4.52. The summed E-state index contributed by atoms with van der Waals surface area (Å²) < 4.78 is 0. The SMILES string of the molecule is CC(C)[C@H](NC(=O)c1cnc(Cl)c(Cl)c1)c1ccccc1. The van der Waals surface area contributed by atoms with E-state index in [1.807, 2.05) is 30.3 Å². The van der Waals surface area contributed by atoms with Crippen LogP contribution in [0, 0.1) is 5.92 Å². The molecule has 0 radical (unpaired) electrons. The first-order valence-electron chi connectivity index (χ1n) is 6.66. The van der Waals surface area contributed by atoms with Crippen molar-refractivity contribution in [2.45, 2.75) is 19.9 Å². The standard InChI is InChI=1S/C16H16Cl2N2O/c1-10(2)14(11-6-4-3-5-7-11)20-16(21)12-8-13(17)15(18)19-9-12/h3-10,14H,1-2H3,(H,20,21)/t14-/m0/s1. The van der Waals surface area contributed by atoms with Gasteiger partial charge in [-0.2, -0.15) is 0 Å². The smallest absolute Gasteiger partial charge is 0.253 e. The topological polar surface area (TPSA) is 42.0 Å². The summed E-state index contributed by atoms with van der Waals surface area (Å²) in [6.45, 7) is 4.12. The highest BCUT2D eigenvalue weighted by molar-refractivity contribution is 6.41. The molecule has 1 aromatic carbocycles. The van der Waals surface area contributed by atoms with Gasteiger partial charge < -0.3 is 5.32 Å². The Kier molecular flexibility index (Phi) is 5.21. The summed E-state index contributed by atoms with van der Waals surface area (Å²) in [7, 11) is 0. The molecule has 3 nitrogen and oxygen atoms in total. The second-order valence-corrected chi connectivity index (χ2v) is 5.87. The number of amides is 1. The minimum Gasteiger partial charge on any atom is -0.345 e. The first-order valence-corrected chi connectivity index (χ1v) is 7.41. The van der Waals surface area contributed by atoms with Gasteiger partial charge in [-0.1, -0.05) is 67.4 Å². The van der Waals surface area contributed by atoms with Crippen LogP contribution < -0.4 is 5.32 Å². The Bertz CT molecular complexity index is 629. The van der Waals surface area contributed by atoms with Gasteiger partial charge in [0, 0.05) is 6.20 Å². The van der Waals surface area contributed by atoms with Crippen LogP contribution in [0.5, 0.6) is 0 Å². The van der Waals surface area contributed by atoms with Gasteiger partial charge in [0.2, 0.25) is 0 Å². The summed E-state index contributed by atoms with van der Waals surface area (Å²) in [6, 6.07) is 11.3. The number of aromatic nitrogens is 1. The lowest BCUT2D eigenvalue weighted by atomic mass is 9.96. The van der Waals surface area contributed by atoms with Crippen LogP contribution in [-0.4, -0.2) is 10.9 Å². The zero-order chi connectivity index (χ0) is 15.4. The van der Waals surface area contributed by atoms with Crippen molar-refractivity contribution in [3.63, 3.8) is 0 Å². The van der Waals surface area contributed by atoms with E-state index in [2.05, 4.69) is 24.1 Å². The molecule has 2 rings (SSSR count). The molecule has 1 N–H and O–H groups in total. The molecule has 2 aromatic rings. The van der Waals surface area contributed by atoms with Crippen molar-refractivity contribution in [3.8, 4) is 0 Å². The number of carbonyl (C=O) groups is 1. The molecule has 5 heteroatoms. The number of pyridine rings is 1. The van der Waals surface area contributed by atoms with Crippen molar-refractivity contribution in [3.05, 3.63) is 63.9 Å². The minimum absolute atomic E-state index is 0.0758. The van der Waals surface area contributed by atoms with Gasteiger partial charge in [0.25, 0.3) is 5.91 Å². The molecular formula is C16H16Cl2N2O. The monoisotopic (exact) mass is 322 g/mol. The predicted molar refractivity (Wildman–Crippen MR) is 85.7 cm³/mol. The third-order valence-electron chi connectivity index (χ3n) is 3.17. The highest BCUT2D eigenvalue weighted by Crippen LogP contribution is 2.23. The molecule has 0 aliphatic heterocycles. The van der Waals surface area contributed by atoms with Crippen LogP contribution in [0.1, 0.15) is 35.8 Å². The average molecular weight is 323 g/mol. The van der Waals surface area contributed by atoms with E-state index < -0.39 is 0 Å². The Hall–Kier alpha value is -1.58. The van der Waals surface area contributed by atoms with Crippen molar-refractivity contribution < 1.29 is 4.79 Å². The van der Waals surface area contributed by atoms with Gasteiger partial charge >= 0.3 is 0 Å². The van der Waals surface area contributed by atoms with Gasteiger partial charge in [-0.25, -0.2) is 4.98 Å². The molecule has 110 valence electrons. The van der Waals surface area contributed by atoms with E-state index in [0.717, 1.165) is 5.56 Å². The van der Waals surface area contributed by atoms with Gasteiger partial charge in [0.1, 0.15) is 5.15 Å². The van der Waals surface area contributed by atoms with Crippen molar-refractivity contribution in [1.82, 2.24) is 10.3 Å². The van der Waals surface area contributed by atoms with E-state index in [0.29, 0.717) is 5.56 Å². The molecule has 0 aliphatic rings. The molecule has 0 aliphatic carbocycles. The average Bonchev–Trinajstić information content (AvgIpc) is 2.48. The molecule has 1 atom stereocenters. The zero-order valence-corrected chi connectivity index (χ0v) is 13.3. The van der Waals surface area contributed by atoms with Gasteiger partial charge in [-0.05, 0) is 17.5 Å². The Balaban J connectivity index is 2.21. The quantitative estimate of drug-likeness (QED) is 0.841. The van der Waals surface area contributed by atoms with Gasteiger partial charge in [0.15, 0.2) is 0 Å². The molecular weight excluding hydrogens is 307 g/mol. The van der Waals surface area contributed by atoms with Crippen LogP contribution in [0.15, 0.2) is 42.6 Å². The summed E-state index contributed by atoms with van der Waals surface area (Å²) in [4.78, 5) is 16.2. The number of rotatable bonds is 4. The second-order valence-electron chi connectivity index (χ2n) is 5.10.